The predicted octanol–water partition coefficient (Wildman–Crippen LogP) is 1.61. The van der Waals surface area contributed by atoms with Gasteiger partial charge in [0.15, 0.2) is 0 Å². The number of hydrogen-bond acceptors (Lipinski definition) is 3. The molecule has 1 heterocycles. The first-order valence-electron chi connectivity index (χ1n) is 6.01. The first kappa shape index (κ1) is 11.7. The molecule has 0 aromatic heterocycles. The van der Waals surface area contributed by atoms with Crippen molar-refractivity contribution >= 4 is 6.09 Å². The number of carbonyl (C=O) groups excluding carboxylic acids is 1. The third kappa shape index (κ3) is 2.17. The molecule has 1 saturated carbocycles. The van der Waals surface area contributed by atoms with Crippen LogP contribution in [0.3, 0.4) is 0 Å². The Morgan fingerprint density at radius 1 is 1.50 bits per heavy atom. The Kier molecular flexibility index (Phi) is 2.65. The van der Waals surface area contributed by atoms with Gasteiger partial charge in [0.1, 0.15) is 5.60 Å². The molecule has 2 atom stereocenters. The lowest BCUT2D eigenvalue weighted by atomic mass is 10.1. The van der Waals surface area contributed by atoms with Gasteiger partial charge in [-0.3, -0.25) is 0 Å². The van der Waals surface area contributed by atoms with E-state index in [0.717, 1.165) is 19.5 Å². The summed E-state index contributed by atoms with van der Waals surface area (Å²) in [5.41, 5.74) is -0.0373. The highest BCUT2D eigenvalue weighted by Gasteiger charge is 2.57. The number of nitrogens with one attached hydrogen (secondary N) is 1. The van der Waals surface area contributed by atoms with E-state index >= 15 is 0 Å². The van der Waals surface area contributed by atoms with Gasteiger partial charge in [0, 0.05) is 24.5 Å². The minimum atomic E-state index is -0.390. The normalized spacial score (nSPS) is 33.2. The molecule has 1 saturated heterocycles. The Morgan fingerprint density at radius 3 is 2.69 bits per heavy atom. The summed E-state index contributed by atoms with van der Waals surface area (Å²) in [6, 6.07) is 0.597. The summed E-state index contributed by atoms with van der Waals surface area (Å²) in [5, 5.41) is 3.30. The topological polar surface area (TPSA) is 41.6 Å². The monoisotopic (exact) mass is 226 g/mol. The van der Waals surface area contributed by atoms with Crippen LogP contribution in [0, 0.1) is 5.41 Å². The third-order valence-corrected chi connectivity index (χ3v) is 3.58. The highest BCUT2D eigenvalue weighted by molar-refractivity contribution is 5.68. The quantitative estimate of drug-likeness (QED) is 0.738. The maximum absolute atomic E-state index is 11.9. The number of amides is 1. The van der Waals surface area contributed by atoms with Crippen LogP contribution in [0.25, 0.3) is 0 Å². The minimum Gasteiger partial charge on any atom is -0.444 e. The van der Waals surface area contributed by atoms with Crippen molar-refractivity contribution in [1.29, 1.82) is 0 Å². The van der Waals surface area contributed by atoms with Crippen LogP contribution in [-0.4, -0.2) is 42.8 Å². The lowest BCUT2D eigenvalue weighted by molar-refractivity contribution is 0.0285. The average Bonchev–Trinajstić information content (AvgIpc) is 2.62. The Morgan fingerprint density at radius 2 is 2.19 bits per heavy atom. The molecule has 1 aliphatic heterocycles. The van der Waals surface area contributed by atoms with Crippen LogP contribution in [0.2, 0.25) is 0 Å². The molecule has 0 aromatic rings. The minimum absolute atomic E-state index is 0.161. The molecule has 4 nitrogen and oxygen atoms in total. The zero-order chi connectivity index (χ0) is 12.0. The fourth-order valence-electron chi connectivity index (χ4n) is 2.59. The molecule has 0 radical (unpaired) electrons. The molecule has 2 rings (SSSR count). The molecule has 1 N–H and O–H groups in total. The van der Waals surface area contributed by atoms with E-state index in [1.165, 1.54) is 6.42 Å². The Bertz CT molecular complexity index is 298. The standard InChI is InChI=1S/C12H22N2O2/c1-11(2,3)16-10(15)14-6-5-12(8-14)7-9(12)13-4/h9,13H,5-8H2,1-4H3. The lowest BCUT2D eigenvalue weighted by Crippen LogP contribution is -2.36. The summed E-state index contributed by atoms with van der Waals surface area (Å²) in [7, 11) is 2.00. The van der Waals surface area contributed by atoms with Gasteiger partial charge in [-0.2, -0.15) is 0 Å². The third-order valence-electron chi connectivity index (χ3n) is 3.58. The van der Waals surface area contributed by atoms with Crippen molar-refractivity contribution in [3.63, 3.8) is 0 Å². The summed E-state index contributed by atoms with van der Waals surface area (Å²) in [5.74, 6) is 0. The molecular formula is C12H22N2O2. The van der Waals surface area contributed by atoms with Crippen molar-refractivity contribution in [2.45, 2.75) is 45.3 Å². The summed E-state index contributed by atoms with van der Waals surface area (Å²) in [4.78, 5) is 13.7. The van der Waals surface area contributed by atoms with E-state index in [-0.39, 0.29) is 6.09 Å². The molecule has 4 heteroatoms. The molecule has 1 aliphatic carbocycles. The molecule has 2 fully saturated rings. The maximum Gasteiger partial charge on any atom is 0.410 e. The molecule has 0 bridgehead atoms. The fraction of sp³-hybridized carbons (Fsp3) is 0.917. The predicted molar refractivity (Wildman–Crippen MR) is 62.3 cm³/mol. The Hall–Kier alpha value is -0.770. The van der Waals surface area contributed by atoms with Crippen molar-refractivity contribution in [2.75, 3.05) is 20.1 Å². The molecule has 2 aliphatic rings. The van der Waals surface area contributed by atoms with Crippen molar-refractivity contribution in [3.05, 3.63) is 0 Å². The first-order chi connectivity index (χ1) is 7.36. The smallest absolute Gasteiger partial charge is 0.410 e. The molecule has 1 spiro atoms. The number of nitrogens with zero attached hydrogens (tertiary/aromatic N) is 1. The fourth-order valence-corrected chi connectivity index (χ4v) is 2.59. The van der Waals surface area contributed by atoms with Crippen molar-refractivity contribution in [1.82, 2.24) is 10.2 Å². The van der Waals surface area contributed by atoms with Crippen LogP contribution >= 0.6 is 0 Å². The van der Waals surface area contributed by atoms with Gasteiger partial charge >= 0.3 is 6.09 Å². The number of ether oxygens (including phenoxy) is 1. The van der Waals surface area contributed by atoms with Gasteiger partial charge in [0.05, 0.1) is 0 Å². The largest absolute Gasteiger partial charge is 0.444 e. The van der Waals surface area contributed by atoms with Crippen LogP contribution in [0.5, 0.6) is 0 Å². The molecule has 2 unspecified atom stereocenters. The van der Waals surface area contributed by atoms with E-state index in [9.17, 15) is 4.79 Å². The number of likely N-dealkylation sites (tertiary alicyclic amines) is 1. The number of rotatable bonds is 1. The first-order valence-corrected chi connectivity index (χ1v) is 6.01. The second kappa shape index (κ2) is 3.62. The van der Waals surface area contributed by atoms with Crippen molar-refractivity contribution < 1.29 is 9.53 Å². The molecule has 1 amide bonds. The average molecular weight is 226 g/mol. The second-order valence-electron chi connectivity index (χ2n) is 6.06. The van der Waals surface area contributed by atoms with Gasteiger partial charge in [-0.25, -0.2) is 4.79 Å². The van der Waals surface area contributed by atoms with Crippen molar-refractivity contribution in [2.24, 2.45) is 5.41 Å². The number of hydrogen-bond donors (Lipinski definition) is 1. The molecule has 16 heavy (non-hydrogen) atoms. The van der Waals surface area contributed by atoms with Crippen molar-refractivity contribution in [3.8, 4) is 0 Å². The van der Waals surface area contributed by atoms with Gasteiger partial charge in [-0.05, 0) is 40.7 Å². The van der Waals surface area contributed by atoms with Gasteiger partial charge in [0.25, 0.3) is 0 Å². The summed E-state index contributed by atoms with van der Waals surface area (Å²) in [6.45, 7) is 7.42. The summed E-state index contributed by atoms with van der Waals surface area (Å²) >= 11 is 0. The molecule has 92 valence electrons. The van der Waals surface area contributed by atoms with E-state index in [0.29, 0.717) is 11.5 Å². The van der Waals surface area contributed by atoms with Crippen LogP contribution < -0.4 is 5.32 Å². The van der Waals surface area contributed by atoms with Gasteiger partial charge < -0.3 is 15.0 Å². The van der Waals surface area contributed by atoms with E-state index in [1.807, 2.05) is 32.7 Å². The highest BCUT2D eigenvalue weighted by atomic mass is 16.6. The van der Waals surface area contributed by atoms with Gasteiger partial charge in [0.2, 0.25) is 0 Å². The number of carbonyl (C=O) groups is 1. The Labute approximate surface area is 97.3 Å². The zero-order valence-electron chi connectivity index (χ0n) is 10.7. The highest BCUT2D eigenvalue weighted by Crippen LogP contribution is 2.52. The van der Waals surface area contributed by atoms with E-state index in [2.05, 4.69) is 5.32 Å². The molecular weight excluding hydrogens is 204 g/mol. The van der Waals surface area contributed by atoms with E-state index in [1.54, 1.807) is 0 Å². The van der Waals surface area contributed by atoms with Crippen LogP contribution in [0.15, 0.2) is 0 Å². The van der Waals surface area contributed by atoms with Crippen LogP contribution in [-0.2, 0) is 4.74 Å². The molecule has 0 aromatic carbocycles. The lowest BCUT2D eigenvalue weighted by Gasteiger charge is -2.24. The second-order valence-corrected chi connectivity index (χ2v) is 6.06. The van der Waals surface area contributed by atoms with Crippen LogP contribution in [0.4, 0.5) is 4.79 Å². The SMILES string of the molecule is CNC1CC12CCN(C(=O)OC(C)(C)C)C2. The summed E-state index contributed by atoms with van der Waals surface area (Å²) in [6.07, 6.45) is 2.15. The van der Waals surface area contributed by atoms with Gasteiger partial charge in [-0.15, -0.1) is 0 Å². The van der Waals surface area contributed by atoms with E-state index in [4.69, 9.17) is 4.74 Å². The maximum atomic E-state index is 11.9. The summed E-state index contributed by atoms with van der Waals surface area (Å²) < 4.78 is 5.38. The zero-order valence-corrected chi connectivity index (χ0v) is 10.7. The van der Waals surface area contributed by atoms with Gasteiger partial charge in [-0.1, -0.05) is 0 Å². The van der Waals surface area contributed by atoms with Crippen LogP contribution in [0.1, 0.15) is 33.6 Å². The Balaban J connectivity index is 1.88. The van der Waals surface area contributed by atoms with E-state index < -0.39 is 5.60 Å².